The first-order chi connectivity index (χ1) is 10.5. The van der Waals surface area contributed by atoms with Crippen molar-refractivity contribution in [3.05, 3.63) is 23.8 Å². The molecule has 2 aliphatic rings. The van der Waals surface area contributed by atoms with Gasteiger partial charge >= 0.3 is 6.61 Å². The molecule has 1 aromatic rings. The molecule has 1 saturated carbocycles. The first-order valence-corrected chi connectivity index (χ1v) is 7.57. The molecule has 6 heteroatoms. The summed E-state index contributed by atoms with van der Waals surface area (Å²) in [4.78, 5) is 12.3. The maximum absolute atomic E-state index is 12.4. The molecule has 4 nitrogen and oxygen atoms in total. The number of carbonyl (C=O) groups excluding carboxylic acids is 1. The number of anilines is 1. The number of piperidine rings is 1. The highest BCUT2D eigenvalue weighted by Gasteiger charge is 2.57. The van der Waals surface area contributed by atoms with Crippen LogP contribution in [0.1, 0.15) is 24.8 Å². The standard InChI is InChI=1S/C16H20F2N2O2/c1-10-2-3-11(8-13(10)22-15(17)18)20-14(21)12-9-16(12)4-6-19-7-5-16/h2-3,8,12,15,19H,4-7,9H2,1H3,(H,20,21). The Morgan fingerprint density at radius 1 is 1.41 bits per heavy atom. The van der Waals surface area contributed by atoms with E-state index in [1.54, 1.807) is 19.1 Å². The molecule has 3 rings (SSSR count). The van der Waals surface area contributed by atoms with E-state index >= 15 is 0 Å². The number of rotatable bonds is 4. The van der Waals surface area contributed by atoms with E-state index in [2.05, 4.69) is 15.4 Å². The number of halogens is 2. The van der Waals surface area contributed by atoms with Crippen LogP contribution in [0.2, 0.25) is 0 Å². The zero-order valence-electron chi connectivity index (χ0n) is 12.5. The van der Waals surface area contributed by atoms with E-state index < -0.39 is 6.61 Å². The maximum atomic E-state index is 12.4. The summed E-state index contributed by atoms with van der Waals surface area (Å²) in [6, 6.07) is 4.83. The first-order valence-electron chi connectivity index (χ1n) is 7.57. The lowest BCUT2D eigenvalue weighted by atomic mass is 9.92. The second-order valence-electron chi connectivity index (χ2n) is 6.22. The third-order valence-corrected chi connectivity index (χ3v) is 4.78. The number of benzene rings is 1. The fourth-order valence-corrected chi connectivity index (χ4v) is 3.33. The minimum absolute atomic E-state index is 0.0197. The minimum atomic E-state index is -2.87. The van der Waals surface area contributed by atoms with E-state index in [0.29, 0.717) is 11.3 Å². The van der Waals surface area contributed by atoms with E-state index in [0.717, 1.165) is 32.4 Å². The molecule has 2 fully saturated rings. The van der Waals surface area contributed by atoms with E-state index in [1.165, 1.54) is 6.07 Å². The fraction of sp³-hybridized carbons (Fsp3) is 0.562. The third kappa shape index (κ3) is 3.06. The van der Waals surface area contributed by atoms with Gasteiger partial charge in [-0.25, -0.2) is 0 Å². The van der Waals surface area contributed by atoms with Crippen molar-refractivity contribution in [2.24, 2.45) is 11.3 Å². The number of ether oxygens (including phenoxy) is 1. The number of amides is 1. The molecule has 2 N–H and O–H groups in total. The molecule has 0 radical (unpaired) electrons. The van der Waals surface area contributed by atoms with E-state index in [-0.39, 0.29) is 23.0 Å². The van der Waals surface area contributed by atoms with Crippen molar-refractivity contribution in [1.29, 1.82) is 0 Å². The van der Waals surface area contributed by atoms with Crippen molar-refractivity contribution >= 4 is 11.6 Å². The molecule has 1 amide bonds. The van der Waals surface area contributed by atoms with Crippen LogP contribution >= 0.6 is 0 Å². The molecule has 22 heavy (non-hydrogen) atoms. The van der Waals surface area contributed by atoms with Gasteiger partial charge in [-0.1, -0.05) is 6.07 Å². The lowest BCUT2D eigenvalue weighted by molar-refractivity contribution is -0.118. The summed E-state index contributed by atoms with van der Waals surface area (Å²) >= 11 is 0. The molecule has 0 bridgehead atoms. The number of alkyl halides is 2. The summed E-state index contributed by atoms with van der Waals surface area (Å²) in [7, 11) is 0. The van der Waals surface area contributed by atoms with Crippen molar-refractivity contribution in [2.75, 3.05) is 18.4 Å². The normalized spacial score (nSPS) is 22.6. The lowest BCUT2D eigenvalue weighted by Crippen LogP contribution is -2.31. The molecule has 1 atom stereocenters. The van der Waals surface area contributed by atoms with Crippen molar-refractivity contribution in [2.45, 2.75) is 32.8 Å². The zero-order chi connectivity index (χ0) is 15.7. The fourth-order valence-electron chi connectivity index (χ4n) is 3.33. The zero-order valence-corrected chi connectivity index (χ0v) is 12.5. The van der Waals surface area contributed by atoms with E-state index in [4.69, 9.17) is 0 Å². The van der Waals surface area contributed by atoms with Crippen molar-refractivity contribution < 1.29 is 18.3 Å². The molecule has 1 aliphatic carbocycles. The second-order valence-corrected chi connectivity index (χ2v) is 6.22. The van der Waals surface area contributed by atoms with Gasteiger partial charge in [0.25, 0.3) is 0 Å². The topological polar surface area (TPSA) is 50.4 Å². The van der Waals surface area contributed by atoms with Gasteiger partial charge < -0.3 is 15.4 Å². The van der Waals surface area contributed by atoms with Crippen LogP contribution in [0.25, 0.3) is 0 Å². The van der Waals surface area contributed by atoms with Gasteiger partial charge in [-0.3, -0.25) is 4.79 Å². The molecule has 1 spiro atoms. The lowest BCUT2D eigenvalue weighted by Gasteiger charge is -2.23. The number of carbonyl (C=O) groups is 1. The summed E-state index contributed by atoms with van der Waals surface area (Å²) < 4.78 is 29.2. The Labute approximate surface area is 128 Å². The largest absolute Gasteiger partial charge is 0.434 e. The molecular weight excluding hydrogens is 290 g/mol. The number of hydrogen-bond donors (Lipinski definition) is 2. The summed E-state index contributed by atoms with van der Waals surface area (Å²) in [5.41, 5.74) is 1.27. The molecular formula is C16H20F2N2O2. The first kappa shape index (κ1) is 15.2. The molecule has 0 aromatic heterocycles. The van der Waals surface area contributed by atoms with Gasteiger partial charge in [0.15, 0.2) is 0 Å². The van der Waals surface area contributed by atoms with E-state index in [1.807, 2.05) is 0 Å². The van der Waals surface area contributed by atoms with Crippen molar-refractivity contribution in [3.63, 3.8) is 0 Å². The Morgan fingerprint density at radius 2 is 2.14 bits per heavy atom. The number of aryl methyl sites for hydroxylation is 1. The Hall–Kier alpha value is -1.69. The van der Waals surface area contributed by atoms with Gasteiger partial charge in [0.1, 0.15) is 5.75 Å². The van der Waals surface area contributed by atoms with E-state index in [9.17, 15) is 13.6 Å². The molecule has 1 aromatic carbocycles. The monoisotopic (exact) mass is 310 g/mol. The number of nitrogens with one attached hydrogen (secondary N) is 2. The van der Waals surface area contributed by atoms with Crippen molar-refractivity contribution in [1.82, 2.24) is 5.32 Å². The Bertz CT molecular complexity index is 571. The molecule has 1 heterocycles. The van der Waals surface area contributed by atoms with Gasteiger partial charge in [-0.15, -0.1) is 0 Å². The quantitative estimate of drug-likeness (QED) is 0.899. The second kappa shape index (κ2) is 5.83. The highest BCUT2D eigenvalue weighted by atomic mass is 19.3. The third-order valence-electron chi connectivity index (χ3n) is 4.78. The van der Waals surface area contributed by atoms with Gasteiger partial charge in [0, 0.05) is 17.7 Å². The predicted octanol–water partition coefficient (Wildman–Crippen LogP) is 2.92. The average Bonchev–Trinajstić information content (AvgIpc) is 3.16. The van der Waals surface area contributed by atoms with Crippen LogP contribution in [0, 0.1) is 18.3 Å². The average molecular weight is 310 g/mol. The van der Waals surface area contributed by atoms with Crippen LogP contribution in [0.3, 0.4) is 0 Å². The Kier molecular flexibility index (Phi) is 4.04. The van der Waals surface area contributed by atoms with Crippen LogP contribution in [0.15, 0.2) is 18.2 Å². The van der Waals surface area contributed by atoms with Crippen LogP contribution in [-0.4, -0.2) is 25.6 Å². The summed E-state index contributed by atoms with van der Waals surface area (Å²) in [6.45, 7) is 0.737. The Balaban J connectivity index is 1.65. The summed E-state index contributed by atoms with van der Waals surface area (Å²) in [5.74, 6) is 0.115. The van der Waals surface area contributed by atoms with Crippen LogP contribution in [-0.2, 0) is 4.79 Å². The highest BCUT2D eigenvalue weighted by Crippen LogP contribution is 2.58. The molecule has 120 valence electrons. The van der Waals surface area contributed by atoms with Gasteiger partial charge in [-0.2, -0.15) is 8.78 Å². The Morgan fingerprint density at radius 3 is 2.82 bits per heavy atom. The van der Waals surface area contributed by atoms with Crippen LogP contribution in [0.4, 0.5) is 14.5 Å². The molecule has 1 saturated heterocycles. The van der Waals surface area contributed by atoms with Crippen molar-refractivity contribution in [3.8, 4) is 5.75 Å². The SMILES string of the molecule is Cc1ccc(NC(=O)C2CC23CCNCC3)cc1OC(F)F. The summed E-state index contributed by atoms with van der Waals surface area (Å²) in [6.07, 6.45) is 2.98. The minimum Gasteiger partial charge on any atom is -0.434 e. The molecule has 1 aliphatic heterocycles. The smallest absolute Gasteiger partial charge is 0.387 e. The van der Waals surface area contributed by atoms with Gasteiger partial charge in [0.05, 0.1) is 0 Å². The highest BCUT2D eigenvalue weighted by molar-refractivity contribution is 5.95. The summed E-state index contributed by atoms with van der Waals surface area (Å²) in [5, 5.41) is 6.13. The molecule has 1 unspecified atom stereocenters. The van der Waals surface area contributed by atoms with Crippen LogP contribution < -0.4 is 15.4 Å². The van der Waals surface area contributed by atoms with Crippen LogP contribution in [0.5, 0.6) is 5.75 Å². The predicted molar refractivity (Wildman–Crippen MR) is 79.1 cm³/mol. The van der Waals surface area contributed by atoms with Gasteiger partial charge in [0.2, 0.25) is 5.91 Å². The maximum Gasteiger partial charge on any atom is 0.387 e. The van der Waals surface area contributed by atoms with Gasteiger partial charge in [-0.05, 0) is 56.3 Å². The number of hydrogen-bond acceptors (Lipinski definition) is 3.